The van der Waals surface area contributed by atoms with Crippen molar-refractivity contribution in [3.8, 4) is 0 Å². The largest absolute Gasteiger partial charge is 0.245 e. The fourth-order valence-electron chi connectivity index (χ4n) is 1.24. The van der Waals surface area contributed by atoms with Gasteiger partial charge in [-0.2, -0.15) is 12.6 Å². The molecular weight excluding hydrogens is 198 g/mol. The molecule has 0 atom stereocenters. The Morgan fingerprint density at radius 3 is 2.85 bits per heavy atom. The van der Waals surface area contributed by atoms with Crippen molar-refractivity contribution in [1.29, 1.82) is 0 Å². The third-order valence-electron chi connectivity index (χ3n) is 2.04. The topological polar surface area (TPSA) is 12.9 Å². The zero-order valence-corrected chi connectivity index (χ0v) is 9.32. The lowest BCUT2D eigenvalue weighted by Gasteiger charge is -2.17. The lowest BCUT2D eigenvalue weighted by molar-refractivity contribution is 0.793. The van der Waals surface area contributed by atoms with Crippen LogP contribution in [-0.2, 0) is 4.75 Å². The zero-order valence-electron chi connectivity index (χ0n) is 7.61. The molecule has 1 nitrogen and oxygen atoms in total. The van der Waals surface area contributed by atoms with Crippen molar-refractivity contribution in [3.05, 3.63) is 29.3 Å². The summed E-state index contributed by atoms with van der Waals surface area (Å²) >= 11 is 6.20. The Labute approximate surface area is 87.2 Å². The van der Waals surface area contributed by atoms with Crippen LogP contribution in [0.3, 0.4) is 0 Å². The van der Waals surface area contributed by atoms with Gasteiger partial charge in [-0.15, -0.1) is 11.3 Å². The van der Waals surface area contributed by atoms with Crippen LogP contribution in [0.1, 0.15) is 19.4 Å². The van der Waals surface area contributed by atoms with E-state index in [0.29, 0.717) is 0 Å². The minimum atomic E-state index is -0.0855. The van der Waals surface area contributed by atoms with Crippen LogP contribution >= 0.6 is 24.0 Å². The summed E-state index contributed by atoms with van der Waals surface area (Å²) in [5.74, 6) is 0. The first-order valence-electron chi connectivity index (χ1n) is 4.13. The summed E-state index contributed by atoms with van der Waals surface area (Å²) < 4.78 is 1.15. The predicted octanol–water partition coefficient (Wildman–Crippen LogP) is 3.46. The Morgan fingerprint density at radius 1 is 1.38 bits per heavy atom. The molecular formula is C10H11NS2. The number of fused-ring (bicyclic) bond motifs is 1. The molecule has 2 aromatic rings. The second kappa shape index (κ2) is 3.00. The lowest BCUT2D eigenvalue weighted by Crippen LogP contribution is -2.06. The zero-order chi connectivity index (χ0) is 9.47. The number of nitrogens with zero attached hydrogens (tertiary/aromatic N) is 1. The maximum absolute atomic E-state index is 4.53. The molecule has 13 heavy (non-hydrogen) atoms. The van der Waals surface area contributed by atoms with Gasteiger partial charge in [0.15, 0.2) is 0 Å². The van der Waals surface area contributed by atoms with E-state index < -0.39 is 0 Å². The quantitative estimate of drug-likeness (QED) is 0.710. The van der Waals surface area contributed by atoms with Gasteiger partial charge in [-0.25, -0.2) is 4.98 Å². The third-order valence-corrected chi connectivity index (χ3v) is 3.11. The van der Waals surface area contributed by atoms with Crippen molar-refractivity contribution in [2.24, 2.45) is 0 Å². The van der Waals surface area contributed by atoms with Gasteiger partial charge in [-0.1, -0.05) is 6.07 Å². The molecule has 0 aliphatic carbocycles. The monoisotopic (exact) mass is 209 g/mol. The van der Waals surface area contributed by atoms with E-state index in [1.165, 1.54) is 10.3 Å². The van der Waals surface area contributed by atoms with Crippen molar-refractivity contribution >= 4 is 34.2 Å². The van der Waals surface area contributed by atoms with E-state index in [1.807, 2.05) is 5.51 Å². The van der Waals surface area contributed by atoms with Gasteiger partial charge in [-0.05, 0) is 31.5 Å². The SMILES string of the molecule is CC(C)(S)c1ccc2scnc2c1. The number of aromatic nitrogens is 1. The van der Waals surface area contributed by atoms with Gasteiger partial charge in [-0.3, -0.25) is 0 Å². The lowest BCUT2D eigenvalue weighted by atomic mass is 10.0. The summed E-state index contributed by atoms with van der Waals surface area (Å²) in [5, 5.41) is 0. The maximum atomic E-state index is 4.53. The van der Waals surface area contributed by atoms with Crippen molar-refractivity contribution in [1.82, 2.24) is 4.98 Å². The van der Waals surface area contributed by atoms with E-state index in [2.05, 4.69) is 49.7 Å². The van der Waals surface area contributed by atoms with E-state index in [9.17, 15) is 0 Å². The van der Waals surface area contributed by atoms with Crippen LogP contribution < -0.4 is 0 Å². The van der Waals surface area contributed by atoms with Crippen molar-refractivity contribution < 1.29 is 0 Å². The molecule has 2 rings (SSSR count). The first-order valence-corrected chi connectivity index (χ1v) is 5.46. The average Bonchev–Trinajstić information content (AvgIpc) is 2.47. The van der Waals surface area contributed by atoms with Crippen LogP contribution in [0.15, 0.2) is 23.7 Å². The molecule has 0 saturated carbocycles. The molecule has 68 valence electrons. The fourth-order valence-corrected chi connectivity index (χ4v) is 2.04. The molecule has 0 unspecified atom stereocenters. The summed E-state index contributed by atoms with van der Waals surface area (Å²) in [5.41, 5.74) is 4.17. The second-order valence-corrected chi connectivity index (χ2v) is 5.60. The molecule has 0 spiro atoms. The molecule has 0 aliphatic heterocycles. The Hall–Kier alpha value is -0.540. The molecule has 0 fully saturated rings. The highest BCUT2D eigenvalue weighted by atomic mass is 32.1. The van der Waals surface area contributed by atoms with Gasteiger partial charge in [0.05, 0.1) is 15.7 Å². The molecule has 0 aliphatic rings. The van der Waals surface area contributed by atoms with Gasteiger partial charge in [0.2, 0.25) is 0 Å². The van der Waals surface area contributed by atoms with Crippen LogP contribution in [-0.4, -0.2) is 4.98 Å². The molecule has 3 heteroatoms. The summed E-state index contributed by atoms with van der Waals surface area (Å²) in [7, 11) is 0. The van der Waals surface area contributed by atoms with E-state index >= 15 is 0 Å². The molecule has 0 bridgehead atoms. The standard InChI is InChI=1S/C10H11NS2/c1-10(2,12)7-3-4-9-8(5-7)11-6-13-9/h3-6,12H,1-2H3. The van der Waals surface area contributed by atoms with Crippen molar-refractivity contribution in [3.63, 3.8) is 0 Å². The minimum Gasteiger partial charge on any atom is -0.245 e. The number of rotatable bonds is 1. The first kappa shape index (κ1) is 9.03. The normalized spacial score (nSPS) is 12.2. The Kier molecular flexibility index (Phi) is 2.08. The number of hydrogen-bond donors (Lipinski definition) is 1. The third kappa shape index (κ3) is 1.71. The maximum Gasteiger partial charge on any atom is 0.0815 e. The molecule has 1 aromatic carbocycles. The average molecular weight is 209 g/mol. The molecule has 1 aromatic heterocycles. The number of benzene rings is 1. The number of hydrogen-bond acceptors (Lipinski definition) is 3. The van der Waals surface area contributed by atoms with Crippen LogP contribution in [0.2, 0.25) is 0 Å². The predicted molar refractivity (Wildman–Crippen MR) is 61.6 cm³/mol. The first-order chi connectivity index (χ1) is 6.07. The Balaban J connectivity index is 2.61. The molecule has 0 N–H and O–H groups in total. The van der Waals surface area contributed by atoms with E-state index in [0.717, 1.165) is 5.52 Å². The summed E-state index contributed by atoms with van der Waals surface area (Å²) in [6, 6.07) is 6.34. The van der Waals surface area contributed by atoms with Crippen LogP contribution in [0.25, 0.3) is 10.2 Å². The van der Waals surface area contributed by atoms with Crippen LogP contribution in [0.5, 0.6) is 0 Å². The van der Waals surface area contributed by atoms with Crippen molar-refractivity contribution in [2.75, 3.05) is 0 Å². The highest BCUT2D eigenvalue weighted by Crippen LogP contribution is 2.30. The summed E-state index contributed by atoms with van der Waals surface area (Å²) in [6.45, 7) is 4.17. The van der Waals surface area contributed by atoms with Gasteiger partial charge >= 0.3 is 0 Å². The molecule has 0 radical (unpaired) electrons. The fraction of sp³-hybridized carbons (Fsp3) is 0.300. The Morgan fingerprint density at radius 2 is 2.15 bits per heavy atom. The highest BCUT2D eigenvalue weighted by molar-refractivity contribution is 7.81. The van der Waals surface area contributed by atoms with Gasteiger partial charge < -0.3 is 0 Å². The smallest absolute Gasteiger partial charge is 0.0815 e. The van der Waals surface area contributed by atoms with E-state index in [-0.39, 0.29) is 4.75 Å². The molecule has 0 amide bonds. The van der Waals surface area contributed by atoms with Gasteiger partial charge in [0.1, 0.15) is 0 Å². The van der Waals surface area contributed by atoms with Gasteiger partial charge in [0.25, 0.3) is 0 Å². The molecule has 1 heterocycles. The highest BCUT2D eigenvalue weighted by Gasteiger charge is 2.15. The summed E-state index contributed by atoms with van der Waals surface area (Å²) in [4.78, 5) is 4.28. The van der Waals surface area contributed by atoms with Crippen LogP contribution in [0, 0.1) is 0 Å². The second-order valence-electron chi connectivity index (χ2n) is 3.59. The number of thiazole rings is 1. The van der Waals surface area contributed by atoms with E-state index in [1.54, 1.807) is 11.3 Å². The Bertz CT molecular complexity index is 426. The minimum absolute atomic E-state index is 0.0855. The number of thiol groups is 1. The van der Waals surface area contributed by atoms with Crippen molar-refractivity contribution in [2.45, 2.75) is 18.6 Å². The summed E-state index contributed by atoms with van der Waals surface area (Å²) in [6.07, 6.45) is 0. The molecule has 0 saturated heterocycles. The van der Waals surface area contributed by atoms with Crippen LogP contribution in [0.4, 0.5) is 0 Å². The van der Waals surface area contributed by atoms with Gasteiger partial charge in [0, 0.05) is 4.75 Å². The van der Waals surface area contributed by atoms with E-state index in [4.69, 9.17) is 0 Å².